The van der Waals surface area contributed by atoms with Crippen LogP contribution in [0.3, 0.4) is 0 Å². The normalized spacial score (nSPS) is 17.1. The molecule has 0 radical (unpaired) electrons. The second-order valence-corrected chi connectivity index (χ2v) is 8.99. The van der Waals surface area contributed by atoms with Gasteiger partial charge in [0.15, 0.2) is 0 Å². The largest absolute Gasteiger partial charge is 0.480 e. The number of carbonyl (C=O) groups excluding carboxylic acids is 1. The number of ether oxygens (including phenoxy) is 2. The molecule has 38 heavy (non-hydrogen) atoms. The van der Waals surface area contributed by atoms with Crippen molar-refractivity contribution in [1.82, 2.24) is 5.32 Å². The first-order valence-electron chi connectivity index (χ1n) is 12.2. The summed E-state index contributed by atoms with van der Waals surface area (Å²) in [5.74, 6) is -1.39. The second kappa shape index (κ2) is 11.7. The maximum atomic E-state index is 12.5. The maximum Gasteiger partial charge on any atom is 0.405 e. The number of hydrogen-bond donors (Lipinski definition) is 3. The van der Waals surface area contributed by atoms with Crippen molar-refractivity contribution in [3.63, 3.8) is 0 Å². The van der Waals surface area contributed by atoms with Crippen molar-refractivity contribution in [2.24, 2.45) is 0 Å². The molecule has 1 aliphatic heterocycles. The molecule has 3 N–H and O–H groups in total. The van der Waals surface area contributed by atoms with E-state index < -0.39 is 29.7 Å². The number of nitrogens with one attached hydrogen (secondary N) is 2. The first-order valence-corrected chi connectivity index (χ1v) is 12.2. The Labute approximate surface area is 219 Å². The number of esters is 1. The van der Waals surface area contributed by atoms with Gasteiger partial charge in [0.2, 0.25) is 0 Å². The SMILES string of the molecule is COC(=O)c1ccccc1NC(Cc1ccc(OC(c2ccccc2)(C2CCCN2)[N+](=O)[O-])cc1)C(=O)O. The van der Waals surface area contributed by atoms with Crippen molar-refractivity contribution in [2.75, 3.05) is 19.0 Å². The summed E-state index contributed by atoms with van der Waals surface area (Å²) in [6.45, 7) is 0.665. The number of carboxylic acids is 1. The van der Waals surface area contributed by atoms with Gasteiger partial charge in [0.05, 0.1) is 23.2 Å². The molecule has 0 amide bonds. The summed E-state index contributed by atoms with van der Waals surface area (Å²) >= 11 is 0. The van der Waals surface area contributed by atoms with Crippen LogP contribution in [-0.2, 0) is 21.7 Å². The fraction of sp³-hybridized carbons (Fsp3) is 0.286. The van der Waals surface area contributed by atoms with Gasteiger partial charge in [-0.25, -0.2) is 9.59 Å². The Morgan fingerprint density at radius 2 is 1.79 bits per heavy atom. The van der Waals surface area contributed by atoms with Gasteiger partial charge >= 0.3 is 17.7 Å². The molecule has 1 saturated heterocycles. The van der Waals surface area contributed by atoms with Gasteiger partial charge in [-0.3, -0.25) is 10.1 Å². The summed E-state index contributed by atoms with van der Waals surface area (Å²) in [6.07, 6.45) is 1.49. The number of hydrogen-bond acceptors (Lipinski definition) is 8. The molecular weight excluding hydrogens is 490 g/mol. The number of benzene rings is 3. The highest BCUT2D eigenvalue weighted by Gasteiger charge is 2.56. The summed E-state index contributed by atoms with van der Waals surface area (Å²) in [6, 6.07) is 20.2. The predicted molar refractivity (Wildman–Crippen MR) is 140 cm³/mol. The molecule has 10 nitrogen and oxygen atoms in total. The van der Waals surface area contributed by atoms with E-state index in [4.69, 9.17) is 9.47 Å². The molecule has 0 spiro atoms. The molecule has 0 saturated carbocycles. The third-order valence-electron chi connectivity index (χ3n) is 6.59. The lowest BCUT2D eigenvalue weighted by molar-refractivity contribution is -0.632. The fourth-order valence-corrected chi connectivity index (χ4v) is 4.69. The van der Waals surface area contributed by atoms with Crippen LogP contribution in [0.15, 0.2) is 78.9 Å². The number of para-hydroxylation sites is 1. The number of anilines is 1. The van der Waals surface area contributed by atoms with E-state index in [9.17, 15) is 24.8 Å². The van der Waals surface area contributed by atoms with Crippen LogP contribution in [0.5, 0.6) is 5.75 Å². The smallest absolute Gasteiger partial charge is 0.405 e. The fourth-order valence-electron chi connectivity index (χ4n) is 4.69. The van der Waals surface area contributed by atoms with Gasteiger partial charge in [-0.1, -0.05) is 42.5 Å². The molecule has 3 atom stereocenters. The Bertz CT molecular complexity index is 1280. The van der Waals surface area contributed by atoms with Crippen LogP contribution < -0.4 is 15.4 Å². The Morgan fingerprint density at radius 1 is 1.11 bits per heavy atom. The third kappa shape index (κ3) is 5.60. The number of aliphatic carboxylic acids is 1. The Hall–Kier alpha value is -4.44. The predicted octanol–water partition coefficient (Wildman–Crippen LogP) is 3.84. The molecule has 3 aromatic carbocycles. The van der Waals surface area contributed by atoms with Gasteiger partial charge in [-0.05, 0) is 61.3 Å². The summed E-state index contributed by atoms with van der Waals surface area (Å²) in [5, 5.41) is 28.4. The molecule has 0 aromatic heterocycles. The number of methoxy groups -OCH3 is 1. The van der Waals surface area contributed by atoms with Crippen LogP contribution in [0.2, 0.25) is 0 Å². The molecule has 1 fully saturated rings. The van der Waals surface area contributed by atoms with Crippen LogP contribution in [0, 0.1) is 10.1 Å². The zero-order chi connectivity index (χ0) is 27.1. The van der Waals surface area contributed by atoms with Crippen LogP contribution >= 0.6 is 0 Å². The average Bonchev–Trinajstić information content (AvgIpc) is 3.48. The number of nitrogens with zero attached hydrogens (tertiary/aromatic N) is 1. The van der Waals surface area contributed by atoms with E-state index in [2.05, 4.69) is 10.6 Å². The topological polar surface area (TPSA) is 140 Å². The third-order valence-corrected chi connectivity index (χ3v) is 6.59. The lowest BCUT2D eigenvalue weighted by Crippen LogP contribution is -2.55. The zero-order valence-electron chi connectivity index (χ0n) is 20.8. The molecule has 4 rings (SSSR count). The Kier molecular flexibility index (Phi) is 8.22. The zero-order valence-corrected chi connectivity index (χ0v) is 20.8. The first-order chi connectivity index (χ1) is 18.3. The lowest BCUT2D eigenvalue weighted by atomic mass is 9.93. The number of carboxylic acid groups (broad SMARTS) is 1. The minimum Gasteiger partial charge on any atom is -0.480 e. The minimum atomic E-state index is -1.82. The first kappa shape index (κ1) is 26.6. The maximum absolute atomic E-state index is 12.5. The average molecular weight is 520 g/mol. The van der Waals surface area contributed by atoms with Crippen LogP contribution in [0.1, 0.15) is 34.3 Å². The van der Waals surface area contributed by atoms with Crippen molar-refractivity contribution in [1.29, 1.82) is 0 Å². The van der Waals surface area contributed by atoms with Gasteiger partial charge in [-0.15, -0.1) is 0 Å². The van der Waals surface area contributed by atoms with E-state index in [1.165, 1.54) is 7.11 Å². The molecule has 3 aromatic rings. The van der Waals surface area contributed by atoms with Gasteiger partial charge in [0.25, 0.3) is 0 Å². The van der Waals surface area contributed by atoms with E-state index in [0.717, 1.165) is 6.42 Å². The van der Waals surface area contributed by atoms with Gasteiger partial charge in [0.1, 0.15) is 17.8 Å². The van der Waals surface area contributed by atoms with E-state index in [1.54, 1.807) is 78.9 Å². The quantitative estimate of drug-likeness (QED) is 0.149. The van der Waals surface area contributed by atoms with Crippen molar-refractivity contribution < 1.29 is 29.1 Å². The van der Waals surface area contributed by atoms with Crippen molar-refractivity contribution in [3.05, 3.63) is 106 Å². The molecule has 198 valence electrons. The molecule has 10 heteroatoms. The highest BCUT2D eigenvalue weighted by atomic mass is 16.7. The van der Waals surface area contributed by atoms with Crippen molar-refractivity contribution in [2.45, 2.75) is 37.1 Å². The molecule has 0 aliphatic carbocycles. The van der Waals surface area contributed by atoms with Crippen LogP contribution in [0.4, 0.5) is 5.69 Å². The van der Waals surface area contributed by atoms with E-state index in [1.807, 2.05) is 0 Å². The number of carbonyl (C=O) groups is 2. The van der Waals surface area contributed by atoms with Crippen molar-refractivity contribution in [3.8, 4) is 5.75 Å². The summed E-state index contributed by atoms with van der Waals surface area (Å²) < 4.78 is 10.9. The van der Waals surface area contributed by atoms with E-state index in [0.29, 0.717) is 35.5 Å². The highest BCUT2D eigenvalue weighted by Crippen LogP contribution is 2.36. The molecule has 1 heterocycles. The summed E-state index contributed by atoms with van der Waals surface area (Å²) in [7, 11) is 1.26. The molecular formula is C28H29N3O7. The molecule has 0 bridgehead atoms. The number of rotatable bonds is 11. The van der Waals surface area contributed by atoms with E-state index in [-0.39, 0.29) is 16.9 Å². The number of nitro groups is 1. The monoisotopic (exact) mass is 519 g/mol. The highest BCUT2D eigenvalue weighted by molar-refractivity contribution is 5.96. The second-order valence-electron chi connectivity index (χ2n) is 8.99. The summed E-state index contributed by atoms with van der Waals surface area (Å²) in [4.78, 5) is 36.2. The van der Waals surface area contributed by atoms with Gasteiger partial charge in [0, 0.05) is 12.1 Å². The van der Waals surface area contributed by atoms with Gasteiger partial charge in [-0.2, -0.15) is 0 Å². The van der Waals surface area contributed by atoms with Crippen molar-refractivity contribution >= 4 is 17.6 Å². The molecule has 3 unspecified atom stereocenters. The summed E-state index contributed by atoms with van der Waals surface area (Å²) in [5.41, 5.74) is -0.148. The standard InChI is InChI=1S/C28H29N3O7/c1-37-27(34)22-10-5-6-11-23(22)30-24(26(32)33)18-19-13-15-21(16-14-19)38-28(31(35)36,25-12-7-17-29-25)20-8-3-2-4-9-20/h2-6,8-11,13-16,24-25,29-30H,7,12,17-18H2,1H3,(H,32,33). The van der Waals surface area contributed by atoms with E-state index >= 15 is 0 Å². The lowest BCUT2D eigenvalue weighted by Gasteiger charge is -2.31. The van der Waals surface area contributed by atoms with Gasteiger partial charge < -0.3 is 25.2 Å². The minimum absolute atomic E-state index is 0.0916. The Morgan fingerprint density at radius 3 is 2.39 bits per heavy atom. The van der Waals surface area contributed by atoms with Crippen LogP contribution in [0.25, 0.3) is 0 Å². The Balaban J connectivity index is 1.56. The molecule has 1 aliphatic rings. The van der Waals surface area contributed by atoms with Crippen LogP contribution in [-0.4, -0.2) is 47.7 Å².